The second kappa shape index (κ2) is 6.30. The average Bonchev–Trinajstić information content (AvgIpc) is 2.45. The normalized spacial score (nSPS) is 11.7. The summed E-state index contributed by atoms with van der Waals surface area (Å²) in [5.41, 5.74) is 1.49. The van der Waals surface area contributed by atoms with Crippen molar-refractivity contribution in [2.24, 2.45) is 0 Å². The summed E-state index contributed by atoms with van der Waals surface area (Å²) in [6, 6.07) is 14.9. The fourth-order valence-corrected chi connectivity index (χ4v) is 2.43. The Kier molecular flexibility index (Phi) is 4.66. The SMILES string of the molecule is CC(C)c1ccccc1OCC(C)(C)c1ccccc1F. The van der Waals surface area contributed by atoms with Crippen LogP contribution in [0.3, 0.4) is 0 Å². The standard InChI is InChI=1S/C19H23FO/c1-14(2)15-9-5-8-12-18(15)21-13-19(3,4)16-10-6-7-11-17(16)20/h5-12,14H,13H2,1-4H3. The highest BCUT2D eigenvalue weighted by atomic mass is 19.1. The molecule has 0 atom stereocenters. The maximum absolute atomic E-state index is 14.0. The van der Waals surface area contributed by atoms with E-state index in [-0.39, 0.29) is 11.2 Å². The lowest BCUT2D eigenvalue weighted by molar-refractivity contribution is 0.234. The first-order chi connectivity index (χ1) is 9.92. The molecule has 0 aliphatic carbocycles. The fraction of sp³-hybridized carbons (Fsp3) is 0.368. The molecular weight excluding hydrogens is 263 g/mol. The monoisotopic (exact) mass is 286 g/mol. The smallest absolute Gasteiger partial charge is 0.127 e. The second-order valence-electron chi connectivity index (χ2n) is 6.34. The Morgan fingerprint density at radius 1 is 1.00 bits per heavy atom. The van der Waals surface area contributed by atoms with Crippen LogP contribution in [-0.2, 0) is 5.41 Å². The van der Waals surface area contributed by atoms with Gasteiger partial charge in [-0.25, -0.2) is 4.39 Å². The highest BCUT2D eigenvalue weighted by Gasteiger charge is 2.25. The maximum Gasteiger partial charge on any atom is 0.127 e. The van der Waals surface area contributed by atoms with Crippen molar-refractivity contribution in [3.05, 3.63) is 65.5 Å². The fourth-order valence-electron chi connectivity index (χ4n) is 2.43. The Morgan fingerprint density at radius 2 is 1.62 bits per heavy atom. The average molecular weight is 286 g/mol. The van der Waals surface area contributed by atoms with E-state index < -0.39 is 0 Å². The van der Waals surface area contributed by atoms with Crippen LogP contribution in [0.1, 0.15) is 44.7 Å². The van der Waals surface area contributed by atoms with Crippen LogP contribution in [0, 0.1) is 5.82 Å². The minimum atomic E-state index is -0.380. The zero-order valence-corrected chi connectivity index (χ0v) is 13.2. The minimum absolute atomic E-state index is 0.178. The Balaban J connectivity index is 2.18. The highest BCUT2D eigenvalue weighted by molar-refractivity contribution is 5.36. The second-order valence-corrected chi connectivity index (χ2v) is 6.34. The van der Waals surface area contributed by atoms with Crippen molar-refractivity contribution in [2.75, 3.05) is 6.61 Å². The predicted octanol–water partition coefficient (Wildman–Crippen LogP) is 5.31. The molecule has 0 amide bonds. The van der Waals surface area contributed by atoms with E-state index in [1.807, 2.05) is 44.2 Å². The molecule has 0 saturated heterocycles. The summed E-state index contributed by atoms with van der Waals surface area (Å²) >= 11 is 0. The van der Waals surface area contributed by atoms with E-state index in [4.69, 9.17) is 4.74 Å². The molecule has 0 heterocycles. The molecule has 0 aromatic heterocycles. The lowest BCUT2D eigenvalue weighted by atomic mass is 9.85. The van der Waals surface area contributed by atoms with E-state index in [1.165, 1.54) is 11.6 Å². The van der Waals surface area contributed by atoms with Crippen LogP contribution in [0.15, 0.2) is 48.5 Å². The number of rotatable bonds is 5. The van der Waals surface area contributed by atoms with E-state index in [0.717, 1.165) is 5.75 Å². The first kappa shape index (κ1) is 15.6. The lowest BCUT2D eigenvalue weighted by Crippen LogP contribution is -2.27. The minimum Gasteiger partial charge on any atom is -0.492 e. The number of para-hydroxylation sites is 1. The van der Waals surface area contributed by atoms with Crippen molar-refractivity contribution in [1.82, 2.24) is 0 Å². The van der Waals surface area contributed by atoms with Gasteiger partial charge in [-0.3, -0.25) is 0 Å². The van der Waals surface area contributed by atoms with E-state index in [9.17, 15) is 4.39 Å². The first-order valence-corrected chi connectivity index (χ1v) is 7.38. The van der Waals surface area contributed by atoms with Gasteiger partial charge in [-0.05, 0) is 29.2 Å². The quantitative estimate of drug-likeness (QED) is 0.724. The van der Waals surface area contributed by atoms with Gasteiger partial charge in [0.25, 0.3) is 0 Å². The Bertz CT molecular complexity index is 602. The van der Waals surface area contributed by atoms with E-state index in [1.54, 1.807) is 6.07 Å². The molecule has 1 nitrogen and oxygen atoms in total. The van der Waals surface area contributed by atoms with Gasteiger partial charge in [-0.2, -0.15) is 0 Å². The Labute approximate surface area is 126 Å². The summed E-state index contributed by atoms with van der Waals surface area (Å²) in [6.45, 7) is 8.73. The van der Waals surface area contributed by atoms with Gasteiger partial charge in [0.05, 0.1) is 6.61 Å². The molecule has 112 valence electrons. The summed E-state index contributed by atoms with van der Waals surface area (Å²) in [5, 5.41) is 0. The van der Waals surface area contributed by atoms with Crippen LogP contribution in [-0.4, -0.2) is 6.61 Å². The zero-order valence-electron chi connectivity index (χ0n) is 13.2. The Hall–Kier alpha value is -1.83. The van der Waals surface area contributed by atoms with Gasteiger partial charge in [-0.1, -0.05) is 64.1 Å². The topological polar surface area (TPSA) is 9.23 Å². The third-order valence-corrected chi connectivity index (χ3v) is 3.73. The molecule has 0 spiro atoms. The molecule has 0 aliphatic heterocycles. The first-order valence-electron chi connectivity index (χ1n) is 7.38. The van der Waals surface area contributed by atoms with Gasteiger partial charge in [0.1, 0.15) is 11.6 Å². The maximum atomic E-state index is 14.0. The largest absolute Gasteiger partial charge is 0.492 e. The number of hydrogen-bond donors (Lipinski definition) is 0. The summed E-state index contributed by atoms with van der Waals surface area (Å²) < 4.78 is 20.0. The van der Waals surface area contributed by atoms with E-state index in [2.05, 4.69) is 19.9 Å². The Morgan fingerprint density at radius 3 is 2.29 bits per heavy atom. The molecule has 0 N–H and O–H groups in total. The lowest BCUT2D eigenvalue weighted by Gasteiger charge is -2.26. The summed E-state index contributed by atoms with van der Waals surface area (Å²) in [7, 11) is 0. The summed E-state index contributed by atoms with van der Waals surface area (Å²) in [5.74, 6) is 1.11. The van der Waals surface area contributed by atoms with Crippen molar-refractivity contribution in [2.45, 2.75) is 39.0 Å². The van der Waals surface area contributed by atoms with Crippen molar-refractivity contribution < 1.29 is 9.13 Å². The molecular formula is C19H23FO. The zero-order chi connectivity index (χ0) is 15.5. The predicted molar refractivity (Wildman–Crippen MR) is 85.5 cm³/mol. The van der Waals surface area contributed by atoms with Crippen LogP contribution in [0.5, 0.6) is 5.75 Å². The third kappa shape index (κ3) is 3.63. The number of benzene rings is 2. The van der Waals surface area contributed by atoms with Crippen molar-refractivity contribution in [3.8, 4) is 5.75 Å². The molecule has 0 saturated carbocycles. The molecule has 2 aromatic rings. The van der Waals surface area contributed by atoms with Crippen molar-refractivity contribution in [1.29, 1.82) is 0 Å². The molecule has 21 heavy (non-hydrogen) atoms. The van der Waals surface area contributed by atoms with Gasteiger partial charge in [0, 0.05) is 5.41 Å². The molecule has 0 bridgehead atoms. The van der Waals surface area contributed by atoms with Crippen LogP contribution in [0.25, 0.3) is 0 Å². The summed E-state index contributed by atoms with van der Waals surface area (Å²) in [6.07, 6.45) is 0. The van der Waals surface area contributed by atoms with Crippen LogP contribution in [0.2, 0.25) is 0 Å². The van der Waals surface area contributed by atoms with Crippen molar-refractivity contribution in [3.63, 3.8) is 0 Å². The molecule has 2 heteroatoms. The van der Waals surface area contributed by atoms with Crippen molar-refractivity contribution >= 4 is 0 Å². The molecule has 0 fully saturated rings. The van der Waals surface area contributed by atoms with Crippen LogP contribution < -0.4 is 4.74 Å². The number of hydrogen-bond acceptors (Lipinski definition) is 1. The molecule has 2 aromatic carbocycles. The van der Waals surface area contributed by atoms with Gasteiger partial charge < -0.3 is 4.74 Å². The van der Waals surface area contributed by atoms with Gasteiger partial charge in [0.15, 0.2) is 0 Å². The summed E-state index contributed by atoms with van der Waals surface area (Å²) in [4.78, 5) is 0. The van der Waals surface area contributed by atoms with Gasteiger partial charge in [0.2, 0.25) is 0 Å². The van der Waals surface area contributed by atoms with E-state index in [0.29, 0.717) is 18.1 Å². The van der Waals surface area contributed by atoms with E-state index >= 15 is 0 Å². The van der Waals surface area contributed by atoms with Gasteiger partial charge >= 0.3 is 0 Å². The number of halogens is 1. The highest BCUT2D eigenvalue weighted by Crippen LogP contribution is 2.30. The molecule has 2 rings (SSSR count). The van der Waals surface area contributed by atoms with Crippen LogP contribution in [0.4, 0.5) is 4.39 Å². The van der Waals surface area contributed by atoms with Crippen LogP contribution >= 0.6 is 0 Å². The molecule has 0 radical (unpaired) electrons. The number of ether oxygens (including phenoxy) is 1. The molecule has 0 unspecified atom stereocenters. The molecule has 0 aliphatic rings. The third-order valence-electron chi connectivity index (χ3n) is 3.73. The van der Waals surface area contributed by atoms with Gasteiger partial charge in [-0.15, -0.1) is 0 Å².